The van der Waals surface area contributed by atoms with Crippen molar-refractivity contribution >= 4 is 11.9 Å². The van der Waals surface area contributed by atoms with Crippen molar-refractivity contribution in [1.82, 2.24) is 25.4 Å². The molecule has 9 nitrogen and oxygen atoms in total. The van der Waals surface area contributed by atoms with Crippen LogP contribution in [0.15, 0.2) is 10.9 Å². The van der Waals surface area contributed by atoms with Gasteiger partial charge in [0.2, 0.25) is 5.89 Å². The maximum Gasteiger partial charge on any atom is 0.357 e. The summed E-state index contributed by atoms with van der Waals surface area (Å²) >= 11 is 0. The fraction of sp³-hybridized carbons (Fsp3) is 0.533. The first kappa shape index (κ1) is 17.6. The van der Waals surface area contributed by atoms with Crippen molar-refractivity contribution in [2.75, 3.05) is 6.61 Å². The van der Waals surface area contributed by atoms with Crippen LogP contribution in [0, 0.1) is 5.92 Å². The fourth-order valence-corrected chi connectivity index (χ4v) is 2.04. The second-order valence-electron chi connectivity index (χ2n) is 5.69. The minimum Gasteiger partial charge on any atom is -0.461 e. The van der Waals surface area contributed by atoms with Gasteiger partial charge in [0.25, 0.3) is 5.91 Å². The number of rotatable bonds is 7. The van der Waals surface area contributed by atoms with Crippen molar-refractivity contribution in [2.24, 2.45) is 5.92 Å². The van der Waals surface area contributed by atoms with E-state index >= 15 is 0 Å². The normalized spacial score (nSPS) is 12.2. The van der Waals surface area contributed by atoms with Crippen LogP contribution in [0.25, 0.3) is 0 Å². The van der Waals surface area contributed by atoms with E-state index in [2.05, 4.69) is 39.3 Å². The van der Waals surface area contributed by atoms with Crippen molar-refractivity contribution in [2.45, 2.75) is 40.2 Å². The number of aromatic nitrogens is 4. The van der Waals surface area contributed by atoms with Crippen molar-refractivity contribution in [3.8, 4) is 0 Å². The largest absolute Gasteiger partial charge is 0.461 e. The van der Waals surface area contributed by atoms with Crippen LogP contribution in [-0.2, 0) is 11.2 Å². The van der Waals surface area contributed by atoms with E-state index in [-0.39, 0.29) is 18.0 Å². The topological polar surface area (TPSA) is 123 Å². The molecule has 9 heteroatoms. The molecule has 2 rings (SSSR count). The Morgan fingerprint density at radius 2 is 2.12 bits per heavy atom. The fourth-order valence-electron chi connectivity index (χ4n) is 2.04. The molecule has 0 aliphatic rings. The zero-order valence-corrected chi connectivity index (χ0v) is 14.1. The molecule has 1 amide bonds. The maximum absolute atomic E-state index is 12.3. The molecule has 24 heavy (non-hydrogen) atoms. The lowest BCUT2D eigenvalue weighted by atomic mass is 10.1. The summed E-state index contributed by atoms with van der Waals surface area (Å²) in [7, 11) is 0. The van der Waals surface area contributed by atoms with E-state index < -0.39 is 17.9 Å². The first-order valence-corrected chi connectivity index (χ1v) is 7.76. The number of esters is 1. The zero-order valence-electron chi connectivity index (χ0n) is 14.1. The average molecular weight is 335 g/mol. The average Bonchev–Trinajstić information content (AvgIpc) is 3.15. The molecule has 2 aromatic heterocycles. The highest BCUT2D eigenvalue weighted by Gasteiger charge is 2.24. The number of hydrogen-bond donors (Lipinski definition) is 2. The number of hydrogen-bond acceptors (Lipinski definition) is 7. The van der Waals surface area contributed by atoms with Crippen LogP contribution in [0.2, 0.25) is 0 Å². The number of carbonyl (C=O) groups excluding carboxylic acids is 2. The predicted octanol–water partition coefficient (Wildman–Crippen LogP) is 1.66. The Kier molecular flexibility index (Phi) is 5.67. The van der Waals surface area contributed by atoms with Crippen LogP contribution in [0.5, 0.6) is 0 Å². The van der Waals surface area contributed by atoms with E-state index in [4.69, 9.17) is 9.26 Å². The van der Waals surface area contributed by atoms with E-state index in [0.29, 0.717) is 24.1 Å². The molecule has 130 valence electrons. The maximum atomic E-state index is 12.3. The van der Waals surface area contributed by atoms with Gasteiger partial charge in [0, 0.05) is 6.42 Å². The Morgan fingerprint density at radius 3 is 2.79 bits per heavy atom. The van der Waals surface area contributed by atoms with Crippen molar-refractivity contribution in [1.29, 1.82) is 0 Å². The van der Waals surface area contributed by atoms with E-state index in [1.165, 1.54) is 6.33 Å². The van der Waals surface area contributed by atoms with Gasteiger partial charge in [-0.05, 0) is 19.8 Å². The number of imidazole rings is 1. The Bertz CT molecular complexity index is 706. The highest BCUT2D eigenvalue weighted by Crippen LogP contribution is 2.13. The van der Waals surface area contributed by atoms with Crippen molar-refractivity contribution in [3.05, 3.63) is 29.4 Å². The Labute approximate surface area is 139 Å². The van der Waals surface area contributed by atoms with E-state index in [9.17, 15) is 9.59 Å². The quantitative estimate of drug-likeness (QED) is 0.737. The van der Waals surface area contributed by atoms with Gasteiger partial charge in [-0.3, -0.25) is 4.79 Å². The van der Waals surface area contributed by atoms with Crippen LogP contribution in [0.1, 0.15) is 66.4 Å². The van der Waals surface area contributed by atoms with Gasteiger partial charge >= 0.3 is 5.97 Å². The summed E-state index contributed by atoms with van der Waals surface area (Å²) in [4.78, 5) is 34.8. The molecule has 0 bridgehead atoms. The third kappa shape index (κ3) is 4.18. The SMILES string of the molecule is CCOC(=O)c1[nH]cnc1C(=O)N[C@@H](C)c1nc(CC(C)C)no1. The molecule has 0 saturated heterocycles. The lowest BCUT2D eigenvalue weighted by Crippen LogP contribution is -2.29. The summed E-state index contributed by atoms with van der Waals surface area (Å²) in [5, 5.41) is 6.56. The smallest absolute Gasteiger partial charge is 0.357 e. The number of ether oxygens (including phenoxy) is 1. The number of amides is 1. The molecule has 0 aliphatic heterocycles. The molecule has 2 aromatic rings. The van der Waals surface area contributed by atoms with Gasteiger partial charge in [0.05, 0.1) is 12.9 Å². The van der Waals surface area contributed by atoms with E-state index in [1.807, 2.05) is 0 Å². The molecular weight excluding hydrogens is 314 g/mol. The lowest BCUT2D eigenvalue weighted by molar-refractivity contribution is 0.0516. The third-order valence-corrected chi connectivity index (χ3v) is 3.13. The highest BCUT2D eigenvalue weighted by molar-refractivity contribution is 6.02. The highest BCUT2D eigenvalue weighted by atomic mass is 16.5. The molecular formula is C15H21N5O4. The summed E-state index contributed by atoms with van der Waals surface area (Å²) in [5.41, 5.74) is -0.0326. The summed E-state index contributed by atoms with van der Waals surface area (Å²) in [6, 6.07) is -0.516. The van der Waals surface area contributed by atoms with Gasteiger partial charge in [-0.25, -0.2) is 9.78 Å². The predicted molar refractivity (Wildman–Crippen MR) is 83.3 cm³/mol. The number of nitrogens with zero attached hydrogens (tertiary/aromatic N) is 3. The number of nitrogens with one attached hydrogen (secondary N) is 2. The zero-order chi connectivity index (χ0) is 17.7. The first-order chi connectivity index (χ1) is 11.4. The first-order valence-electron chi connectivity index (χ1n) is 7.76. The summed E-state index contributed by atoms with van der Waals surface area (Å²) in [5.74, 6) is 0.122. The van der Waals surface area contributed by atoms with Crippen molar-refractivity contribution < 1.29 is 18.8 Å². The minimum absolute atomic E-state index is 0.00701. The monoisotopic (exact) mass is 335 g/mol. The van der Waals surface area contributed by atoms with E-state index in [0.717, 1.165) is 0 Å². The van der Waals surface area contributed by atoms with Gasteiger partial charge in [-0.2, -0.15) is 4.98 Å². The van der Waals surface area contributed by atoms with Gasteiger partial charge in [-0.15, -0.1) is 0 Å². The number of H-pyrrole nitrogens is 1. The van der Waals surface area contributed by atoms with Gasteiger partial charge < -0.3 is 19.6 Å². The standard InChI is InChI=1S/C15H21N5O4/c1-5-23-15(22)12-11(16-7-17-12)13(21)18-9(4)14-19-10(20-24-14)6-8(2)3/h7-9H,5-6H2,1-4H3,(H,16,17)(H,18,21)/t9-/m0/s1. The van der Waals surface area contributed by atoms with Crippen LogP contribution in [0.3, 0.4) is 0 Å². The van der Waals surface area contributed by atoms with Crippen LogP contribution in [0.4, 0.5) is 0 Å². The minimum atomic E-state index is -0.634. The molecule has 2 heterocycles. The Balaban J connectivity index is 2.05. The number of carbonyl (C=O) groups is 2. The summed E-state index contributed by atoms with van der Waals surface area (Å²) in [6.45, 7) is 7.70. The number of aromatic amines is 1. The van der Waals surface area contributed by atoms with Crippen LogP contribution >= 0.6 is 0 Å². The molecule has 0 spiro atoms. The molecule has 0 unspecified atom stereocenters. The molecule has 0 aliphatic carbocycles. The second-order valence-corrected chi connectivity index (χ2v) is 5.69. The Morgan fingerprint density at radius 1 is 1.38 bits per heavy atom. The third-order valence-electron chi connectivity index (χ3n) is 3.13. The molecule has 0 aromatic carbocycles. The van der Waals surface area contributed by atoms with Crippen LogP contribution in [-0.4, -0.2) is 38.6 Å². The van der Waals surface area contributed by atoms with Crippen molar-refractivity contribution in [3.63, 3.8) is 0 Å². The van der Waals surface area contributed by atoms with Gasteiger partial charge in [-0.1, -0.05) is 19.0 Å². The summed E-state index contributed by atoms with van der Waals surface area (Å²) < 4.78 is 10.0. The molecule has 0 radical (unpaired) electrons. The van der Waals surface area contributed by atoms with Gasteiger partial charge in [0.15, 0.2) is 17.2 Å². The Hall–Kier alpha value is -2.71. The molecule has 0 fully saturated rings. The second kappa shape index (κ2) is 7.71. The van der Waals surface area contributed by atoms with Crippen LogP contribution < -0.4 is 5.32 Å². The van der Waals surface area contributed by atoms with Gasteiger partial charge in [0.1, 0.15) is 6.04 Å². The molecule has 1 atom stereocenters. The molecule has 0 saturated carbocycles. The lowest BCUT2D eigenvalue weighted by Gasteiger charge is -2.09. The van der Waals surface area contributed by atoms with E-state index in [1.54, 1.807) is 13.8 Å². The molecule has 2 N–H and O–H groups in total. The summed E-state index contributed by atoms with van der Waals surface area (Å²) in [6.07, 6.45) is 1.95.